The fourth-order valence-electron chi connectivity index (χ4n) is 3.29. The maximum atomic E-state index is 11.3. The average molecular weight is 329 g/mol. The summed E-state index contributed by atoms with van der Waals surface area (Å²) in [6, 6.07) is 8.86. The number of benzene rings is 1. The van der Waals surface area contributed by atoms with Crippen LogP contribution in [-0.4, -0.2) is 31.1 Å². The highest BCUT2D eigenvalue weighted by Gasteiger charge is 2.08. The van der Waals surface area contributed by atoms with E-state index in [2.05, 4.69) is 4.90 Å². The highest BCUT2D eigenvalue weighted by molar-refractivity contribution is 5.77. The van der Waals surface area contributed by atoms with Gasteiger partial charge in [-0.3, -0.25) is 0 Å². The average Bonchev–Trinajstić information content (AvgIpc) is 2.61. The maximum absolute atomic E-state index is 11.3. The lowest BCUT2D eigenvalue weighted by molar-refractivity contribution is 0.223. The fourth-order valence-corrected chi connectivity index (χ4v) is 3.29. The first-order chi connectivity index (χ1) is 11.8. The Bertz CT molecular complexity index is 689. The van der Waals surface area contributed by atoms with Crippen molar-refractivity contribution in [3.63, 3.8) is 0 Å². The number of nitrogens with zero attached hydrogens (tertiary/aromatic N) is 1. The van der Waals surface area contributed by atoms with Crippen LogP contribution >= 0.6 is 0 Å². The Labute approximate surface area is 143 Å². The van der Waals surface area contributed by atoms with Crippen molar-refractivity contribution in [1.82, 2.24) is 4.90 Å². The molecule has 0 amide bonds. The van der Waals surface area contributed by atoms with Gasteiger partial charge in [0.15, 0.2) is 0 Å². The van der Waals surface area contributed by atoms with Crippen molar-refractivity contribution in [3.8, 4) is 5.75 Å². The van der Waals surface area contributed by atoms with Crippen molar-refractivity contribution in [2.24, 2.45) is 0 Å². The number of rotatable bonds is 8. The van der Waals surface area contributed by atoms with E-state index >= 15 is 0 Å². The first-order valence-electron chi connectivity index (χ1n) is 9.20. The first kappa shape index (κ1) is 17.0. The normalized spacial score (nSPS) is 15.7. The van der Waals surface area contributed by atoms with Crippen LogP contribution in [0.1, 0.15) is 44.9 Å². The van der Waals surface area contributed by atoms with Gasteiger partial charge in [-0.05, 0) is 63.5 Å². The van der Waals surface area contributed by atoms with E-state index in [9.17, 15) is 4.79 Å². The second-order valence-electron chi connectivity index (χ2n) is 6.62. The molecule has 0 aliphatic carbocycles. The molecule has 130 valence electrons. The standard InChI is InChI=1S/C20H27NO3/c22-20-11-9-17-8-10-18(16-19(17)24-20)23-15-7-2-1-4-12-21-13-5-3-6-14-21/h8-11,16H,1-7,12-15H2. The Kier molecular flexibility index (Phi) is 6.30. The van der Waals surface area contributed by atoms with Crippen LogP contribution in [0.2, 0.25) is 0 Å². The van der Waals surface area contributed by atoms with Crippen LogP contribution in [0.15, 0.2) is 39.5 Å². The van der Waals surface area contributed by atoms with Crippen molar-refractivity contribution in [2.75, 3.05) is 26.2 Å². The monoisotopic (exact) mass is 329 g/mol. The second-order valence-corrected chi connectivity index (χ2v) is 6.62. The third kappa shape index (κ3) is 5.10. The van der Waals surface area contributed by atoms with Crippen LogP contribution in [-0.2, 0) is 0 Å². The van der Waals surface area contributed by atoms with Crippen molar-refractivity contribution in [2.45, 2.75) is 44.9 Å². The minimum absolute atomic E-state index is 0.326. The fraction of sp³-hybridized carbons (Fsp3) is 0.550. The predicted molar refractivity (Wildman–Crippen MR) is 96.7 cm³/mol. The summed E-state index contributed by atoms with van der Waals surface area (Å²) in [5.41, 5.74) is 0.259. The Morgan fingerprint density at radius 1 is 0.958 bits per heavy atom. The summed E-state index contributed by atoms with van der Waals surface area (Å²) in [5, 5.41) is 0.916. The molecule has 0 spiro atoms. The number of piperidine rings is 1. The van der Waals surface area contributed by atoms with Gasteiger partial charge in [-0.1, -0.05) is 19.3 Å². The third-order valence-electron chi connectivity index (χ3n) is 4.68. The molecule has 0 bridgehead atoms. The van der Waals surface area contributed by atoms with Gasteiger partial charge >= 0.3 is 5.63 Å². The van der Waals surface area contributed by atoms with Gasteiger partial charge in [0.25, 0.3) is 0 Å². The topological polar surface area (TPSA) is 42.7 Å². The maximum Gasteiger partial charge on any atom is 0.336 e. The van der Waals surface area contributed by atoms with Crippen molar-refractivity contribution in [3.05, 3.63) is 40.8 Å². The number of ether oxygens (including phenoxy) is 1. The summed E-state index contributed by atoms with van der Waals surface area (Å²) in [4.78, 5) is 13.9. The summed E-state index contributed by atoms with van der Waals surface area (Å²) in [5.74, 6) is 0.769. The van der Waals surface area contributed by atoms with Gasteiger partial charge in [-0.2, -0.15) is 0 Å². The van der Waals surface area contributed by atoms with Crippen molar-refractivity contribution < 1.29 is 9.15 Å². The Hall–Kier alpha value is -1.81. The minimum atomic E-state index is -0.326. The zero-order chi connectivity index (χ0) is 16.6. The zero-order valence-electron chi connectivity index (χ0n) is 14.3. The van der Waals surface area contributed by atoms with Gasteiger partial charge in [-0.25, -0.2) is 4.79 Å². The predicted octanol–water partition coefficient (Wildman–Crippen LogP) is 4.22. The van der Waals surface area contributed by atoms with Crippen LogP contribution in [0.5, 0.6) is 5.75 Å². The van der Waals surface area contributed by atoms with E-state index in [0.717, 1.165) is 17.6 Å². The molecule has 1 aliphatic rings. The molecule has 4 heteroatoms. The molecule has 0 N–H and O–H groups in total. The number of likely N-dealkylation sites (tertiary alicyclic amines) is 1. The van der Waals surface area contributed by atoms with E-state index in [4.69, 9.17) is 9.15 Å². The quantitative estimate of drug-likeness (QED) is 0.537. The molecule has 0 atom stereocenters. The summed E-state index contributed by atoms with van der Waals surface area (Å²) in [6.45, 7) is 4.55. The molecule has 1 saturated heterocycles. The van der Waals surface area contributed by atoms with E-state index in [1.807, 2.05) is 12.1 Å². The molecular weight excluding hydrogens is 302 g/mol. The van der Waals surface area contributed by atoms with Gasteiger partial charge in [-0.15, -0.1) is 0 Å². The molecule has 0 radical (unpaired) electrons. The van der Waals surface area contributed by atoms with Gasteiger partial charge in [0.1, 0.15) is 11.3 Å². The molecule has 1 aromatic heterocycles. The molecule has 1 aliphatic heterocycles. The van der Waals surface area contributed by atoms with Crippen LogP contribution in [0.4, 0.5) is 0 Å². The molecule has 2 heterocycles. The summed E-state index contributed by atoms with van der Waals surface area (Å²) < 4.78 is 11.0. The van der Waals surface area contributed by atoms with Gasteiger partial charge in [0.2, 0.25) is 0 Å². The van der Waals surface area contributed by atoms with E-state index in [-0.39, 0.29) is 5.63 Å². The van der Waals surface area contributed by atoms with Crippen LogP contribution in [0.25, 0.3) is 11.0 Å². The van der Waals surface area contributed by atoms with Gasteiger partial charge < -0.3 is 14.1 Å². The van der Waals surface area contributed by atoms with E-state index in [0.29, 0.717) is 12.2 Å². The molecular formula is C20H27NO3. The van der Waals surface area contributed by atoms with Crippen molar-refractivity contribution >= 4 is 11.0 Å². The molecule has 1 aromatic carbocycles. The Morgan fingerprint density at radius 2 is 1.75 bits per heavy atom. The number of fused-ring (bicyclic) bond motifs is 1. The number of hydrogen-bond acceptors (Lipinski definition) is 4. The van der Waals surface area contributed by atoms with Gasteiger partial charge in [0.05, 0.1) is 6.61 Å². The smallest absolute Gasteiger partial charge is 0.336 e. The Morgan fingerprint density at radius 3 is 2.62 bits per heavy atom. The zero-order valence-corrected chi connectivity index (χ0v) is 14.3. The largest absolute Gasteiger partial charge is 0.493 e. The molecule has 2 aromatic rings. The van der Waals surface area contributed by atoms with Crippen LogP contribution in [0, 0.1) is 0 Å². The number of unbranched alkanes of at least 4 members (excludes halogenated alkanes) is 3. The van der Waals surface area contributed by atoms with Gasteiger partial charge in [0, 0.05) is 17.5 Å². The van der Waals surface area contributed by atoms with E-state index < -0.39 is 0 Å². The van der Waals surface area contributed by atoms with Crippen molar-refractivity contribution in [1.29, 1.82) is 0 Å². The number of hydrogen-bond donors (Lipinski definition) is 0. The highest BCUT2D eigenvalue weighted by atomic mass is 16.5. The summed E-state index contributed by atoms with van der Waals surface area (Å²) in [6.07, 6.45) is 8.99. The minimum Gasteiger partial charge on any atom is -0.493 e. The second kappa shape index (κ2) is 8.88. The van der Waals surface area contributed by atoms with Crippen LogP contribution in [0.3, 0.4) is 0 Å². The summed E-state index contributed by atoms with van der Waals surface area (Å²) in [7, 11) is 0. The first-order valence-corrected chi connectivity index (χ1v) is 9.20. The molecule has 24 heavy (non-hydrogen) atoms. The summed E-state index contributed by atoms with van der Waals surface area (Å²) >= 11 is 0. The SMILES string of the molecule is O=c1ccc2ccc(OCCCCCCN3CCCCC3)cc2o1. The van der Waals surface area contributed by atoms with Crippen LogP contribution < -0.4 is 10.4 Å². The molecule has 0 saturated carbocycles. The lowest BCUT2D eigenvalue weighted by atomic mass is 10.1. The lowest BCUT2D eigenvalue weighted by Crippen LogP contribution is -2.30. The molecule has 4 nitrogen and oxygen atoms in total. The molecule has 1 fully saturated rings. The lowest BCUT2D eigenvalue weighted by Gasteiger charge is -2.26. The molecule has 3 rings (SSSR count). The molecule has 0 unspecified atom stereocenters. The van der Waals surface area contributed by atoms with E-state index in [1.165, 1.54) is 64.2 Å². The third-order valence-corrected chi connectivity index (χ3v) is 4.68. The Balaban J connectivity index is 1.32. The highest BCUT2D eigenvalue weighted by Crippen LogP contribution is 2.19. The van der Waals surface area contributed by atoms with E-state index in [1.54, 1.807) is 12.1 Å².